The molecule has 150 valence electrons. The van der Waals surface area contributed by atoms with E-state index in [1.54, 1.807) is 7.05 Å². The van der Waals surface area contributed by atoms with E-state index in [4.69, 9.17) is 9.47 Å². The minimum absolute atomic E-state index is 0.0877. The molecule has 1 N–H and O–H groups in total. The summed E-state index contributed by atoms with van der Waals surface area (Å²) in [6.07, 6.45) is 0.515. The Balaban J connectivity index is 2.03. The average molecular weight is 383 g/mol. The van der Waals surface area contributed by atoms with E-state index >= 15 is 0 Å². The summed E-state index contributed by atoms with van der Waals surface area (Å²) in [5.74, 6) is -0.333. The van der Waals surface area contributed by atoms with Gasteiger partial charge in [0.15, 0.2) is 0 Å². The van der Waals surface area contributed by atoms with Crippen LogP contribution in [0.2, 0.25) is 0 Å². The van der Waals surface area contributed by atoms with Crippen molar-refractivity contribution < 1.29 is 19.1 Å². The highest BCUT2D eigenvalue weighted by atomic mass is 16.5. The number of nitrogens with one attached hydrogen (secondary N) is 1. The quantitative estimate of drug-likeness (QED) is 0.702. The van der Waals surface area contributed by atoms with Crippen LogP contribution in [-0.2, 0) is 27.4 Å². The van der Waals surface area contributed by atoms with Gasteiger partial charge in [0.25, 0.3) is 0 Å². The molecule has 5 heteroatoms. The van der Waals surface area contributed by atoms with Crippen LogP contribution in [0.4, 0.5) is 0 Å². The van der Waals surface area contributed by atoms with E-state index in [9.17, 15) is 9.59 Å². The minimum atomic E-state index is -0.543. The number of amides is 1. The van der Waals surface area contributed by atoms with Crippen molar-refractivity contribution in [2.24, 2.45) is 5.92 Å². The SMILES string of the molecule is CNC(=O)C[C@@H](Cc1ccc(OC(C)(C)C)cc1)C(=O)OCc1ccccc1. The van der Waals surface area contributed by atoms with E-state index in [1.165, 1.54) is 0 Å². The molecule has 0 aliphatic carbocycles. The van der Waals surface area contributed by atoms with Crippen molar-refractivity contribution in [3.05, 3.63) is 65.7 Å². The second-order valence-electron chi connectivity index (χ2n) is 7.73. The number of hydrogen-bond donors (Lipinski definition) is 1. The van der Waals surface area contributed by atoms with Gasteiger partial charge in [0.1, 0.15) is 18.0 Å². The number of rotatable bonds is 8. The van der Waals surface area contributed by atoms with Gasteiger partial charge in [0, 0.05) is 13.5 Å². The zero-order valence-corrected chi connectivity index (χ0v) is 17.0. The van der Waals surface area contributed by atoms with Crippen LogP contribution in [-0.4, -0.2) is 24.5 Å². The summed E-state index contributed by atoms with van der Waals surface area (Å²) in [6.45, 7) is 6.16. The first-order valence-corrected chi connectivity index (χ1v) is 9.46. The molecular weight excluding hydrogens is 354 g/mol. The topological polar surface area (TPSA) is 64.6 Å². The van der Waals surface area contributed by atoms with Gasteiger partial charge in [-0.05, 0) is 50.5 Å². The van der Waals surface area contributed by atoms with Crippen LogP contribution in [0, 0.1) is 5.92 Å². The Morgan fingerprint density at radius 1 is 0.964 bits per heavy atom. The predicted molar refractivity (Wildman–Crippen MR) is 109 cm³/mol. The number of hydrogen-bond acceptors (Lipinski definition) is 4. The first-order chi connectivity index (χ1) is 13.3. The molecule has 0 unspecified atom stereocenters. The van der Waals surface area contributed by atoms with Gasteiger partial charge in [-0.15, -0.1) is 0 Å². The Hall–Kier alpha value is -2.82. The Bertz CT molecular complexity index is 763. The third-order valence-corrected chi connectivity index (χ3v) is 4.10. The van der Waals surface area contributed by atoms with Gasteiger partial charge in [-0.3, -0.25) is 9.59 Å². The molecule has 2 aromatic carbocycles. The van der Waals surface area contributed by atoms with Crippen molar-refractivity contribution in [1.29, 1.82) is 0 Å². The molecule has 1 amide bonds. The predicted octanol–water partition coefficient (Wildman–Crippen LogP) is 3.90. The molecule has 0 bridgehead atoms. The van der Waals surface area contributed by atoms with Crippen LogP contribution in [0.1, 0.15) is 38.3 Å². The molecule has 0 heterocycles. The molecule has 0 spiro atoms. The molecule has 0 fully saturated rings. The van der Waals surface area contributed by atoms with Crippen molar-refractivity contribution >= 4 is 11.9 Å². The van der Waals surface area contributed by atoms with Crippen LogP contribution >= 0.6 is 0 Å². The first-order valence-electron chi connectivity index (χ1n) is 9.46. The zero-order chi connectivity index (χ0) is 20.6. The van der Waals surface area contributed by atoms with E-state index in [-0.39, 0.29) is 30.5 Å². The molecule has 1 atom stereocenters. The van der Waals surface area contributed by atoms with Crippen molar-refractivity contribution in [2.75, 3.05) is 7.05 Å². The van der Waals surface area contributed by atoms with Gasteiger partial charge in [-0.25, -0.2) is 0 Å². The summed E-state index contributed by atoms with van der Waals surface area (Å²) in [5, 5.41) is 2.58. The molecule has 28 heavy (non-hydrogen) atoms. The lowest BCUT2D eigenvalue weighted by atomic mass is 9.95. The lowest BCUT2D eigenvalue weighted by Crippen LogP contribution is -2.28. The fourth-order valence-corrected chi connectivity index (χ4v) is 2.74. The molecular formula is C23H29NO4. The average Bonchev–Trinajstić information content (AvgIpc) is 2.66. The minimum Gasteiger partial charge on any atom is -0.488 e. The molecule has 0 saturated heterocycles. The van der Waals surface area contributed by atoms with Crippen LogP contribution in [0.5, 0.6) is 5.75 Å². The number of carbonyl (C=O) groups excluding carboxylic acids is 2. The van der Waals surface area contributed by atoms with Crippen LogP contribution in [0.25, 0.3) is 0 Å². The monoisotopic (exact) mass is 383 g/mol. The lowest BCUT2D eigenvalue weighted by Gasteiger charge is -2.21. The maximum absolute atomic E-state index is 12.6. The normalized spacial score (nSPS) is 12.1. The summed E-state index contributed by atoms with van der Waals surface area (Å²) < 4.78 is 11.3. The molecule has 2 aromatic rings. The first kappa shape index (κ1) is 21.5. The summed E-state index contributed by atoms with van der Waals surface area (Å²) in [6, 6.07) is 17.1. The fraction of sp³-hybridized carbons (Fsp3) is 0.391. The van der Waals surface area contributed by atoms with Gasteiger partial charge >= 0.3 is 5.97 Å². The van der Waals surface area contributed by atoms with Gasteiger partial charge in [0.05, 0.1) is 5.92 Å². The highest BCUT2D eigenvalue weighted by Gasteiger charge is 2.24. The fourth-order valence-electron chi connectivity index (χ4n) is 2.74. The third kappa shape index (κ3) is 7.43. The van der Waals surface area contributed by atoms with Crippen molar-refractivity contribution in [3.8, 4) is 5.75 Å². The molecule has 0 radical (unpaired) electrons. The van der Waals surface area contributed by atoms with Crippen LogP contribution < -0.4 is 10.1 Å². The Morgan fingerprint density at radius 2 is 1.61 bits per heavy atom. The number of carbonyl (C=O) groups is 2. The second kappa shape index (κ2) is 9.93. The van der Waals surface area contributed by atoms with Gasteiger partial charge in [-0.1, -0.05) is 42.5 Å². The Morgan fingerprint density at radius 3 is 2.18 bits per heavy atom. The van der Waals surface area contributed by atoms with E-state index in [0.29, 0.717) is 6.42 Å². The molecule has 0 saturated carbocycles. The van der Waals surface area contributed by atoms with Crippen LogP contribution in [0.3, 0.4) is 0 Å². The number of benzene rings is 2. The lowest BCUT2D eigenvalue weighted by molar-refractivity contribution is -0.151. The standard InChI is InChI=1S/C23H29NO4/c1-23(2,3)28-20-12-10-17(11-13-20)14-19(15-21(25)24-4)22(26)27-16-18-8-6-5-7-9-18/h5-13,19H,14-16H2,1-4H3,(H,24,25)/t19-/m1/s1. The van der Waals surface area contributed by atoms with Gasteiger partial charge < -0.3 is 14.8 Å². The molecule has 0 aromatic heterocycles. The smallest absolute Gasteiger partial charge is 0.310 e. The molecule has 0 aliphatic heterocycles. The summed E-state index contributed by atoms with van der Waals surface area (Å²) in [7, 11) is 1.56. The Kier molecular flexibility index (Phi) is 7.61. The van der Waals surface area contributed by atoms with E-state index in [1.807, 2.05) is 75.4 Å². The van der Waals surface area contributed by atoms with Crippen molar-refractivity contribution in [3.63, 3.8) is 0 Å². The highest BCUT2D eigenvalue weighted by Crippen LogP contribution is 2.21. The maximum atomic E-state index is 12.6. The summed E-state index contributed by atoms with van der Waals surface area (Å²) in [5.41, 5.74) is 1.59. The number of ether oxygens (including phenoxy) is 2. The second-order valence-corrected chi connectivity index (χ2v) is 7.73. The van der Waals surface area contributed by atoms with E-state index < -0.39 is 5.92 Å². The molecule has 5 nitrogen and oxygen atoms in total. The summed E-state index contributed by atoms with van der Waals surface area (Å²) >= 11 is 0. The largest absolute Gasteiger partial charge is 0.488 e. The van der Waals surface area contributed by atoms with Crippen LogP contribution in [0.15, 0.2) is 54.6 Å². The van der Waals surface area contributed by atoms with Gasteiger partial charge in [0.2, 0.25) is 5.91 Å². The molecule has 2 rings (SSSR count). The Labute approximate surface area is 167 Å². The molecule has 0 aliphatic rings. The maximum Gasteiger partial charge on any atom is 0.310 e. The number of esters is 1. The van der Waals surface area contributed by atoms with Crippen molar-refractivity contribution in [1.82, 2.24) is 5.32 Å². The summed E-state index contributed by atoms with van der Waals surface area (Å²) in [4.78, 5) is 24.5. The van der Waals surface area contributed by atoms with Gasteiger partial charge in [-0.2, -0.15) is 0 Å². The zero-order valence-electron chi connectivity index (χ0n) is 17.0. The van der Waals surface area contributed by atoms with E-state index in [2.05, 4.69) is 5.32 Å². The highest BCUT2D eigenvalue weighted by molar-refractivity contribution is 5.83. The van der Waals surface area contributed by atoms with Crippen molar-refractivity contribution in [2.45, 2.75) is 45.8 Å². The third-order valence-electron chi connectivity index (χ3n) is 4.10. The van der Waals surface area contributed by atoms with E-state index in [0.717, 1.165) is 16.9 Å².